The number of hydrogen-bond donors (Lipinski definition) is 2. The van der Waals surface area contributed by atoms with Gasteiger partial charge in [0.2, 0.25) is 5.95 Å². The Bertz CT molecular complexity index is 1070. The Labute approximate surface area is 186 Å². The number of hydrazone groups is 1. The smallest absolute Gasteiger partial charge is 0.245 e. The average molecular weight is 436 g/mol. The van der Waals surface area contributed by atoms with E-state index in [9.17, 15) is 4.39 Å². The van der Waals surface area contributed by atoms with Crippen LogP contribution in [0.15, 0.2) is 53.9 Å². The average Bonchev–Trinajstić information content (AvgIpc) is 2.82. The topological polar surface area (TPSA) is 90.8 Å². The van der Waals surface area contributed by atoms with Crippen LogP contribution in [-0.4, -0.2) is 61.6 Å². The molecule has 0 amide bonds. The van der Waals surface area contributed by atoms with Gasteiger partial charge in [-0.2, -0.15) is 10.1 Å². The van der Waals surface area contributed by atoms with Crippen LogP contribution in [0.4, 0.5) is 33.2 Å². The highest BCUT2D eigenvalue weighted by Gasteiger charge is 2.17. The van der Waals surface area contributed by atoms with Crippen LogP contribution in [0.1, 0.15) is 5.69 Å². The van der Waals surface area contributed by atoms with Gasteiger partial charge in [-0.15, -0.1) is 0 Å². The zero-order chi connectivity index (χ0) is 22.3. The van der Waals surface area contributed by atoms with E-state index >= 15 is 0 Å². The fraction of sp³-hybridized carbons (Fsp3) is 0.273. The van der Waals surface area contributed by atoms with Crippen molar-refractivity contribution in [2.45, 2.75) is 0 Å². The van der Waals surface area contributed by atoms with Gasteiger partial charge < -0.3 is 19.9 Å². The van der Waals surface area contributed by atoms with E-state index in [1.807, 2.05) is 54.2 Å². The van der Waals surface area contributed by atoms with Crippen molar-refractivity contribution in [1.29, 1.82) is 0 Å². The Morgan fingerprint density at radius 3 is 2.69 bits per heavy atom. The molecule has 1 fully saturated rings. The number of anilines is 5. The van der Waals surface area contributed by atoms with E-state index in [0.717, 1.165) is 23.3 Å². The van der Waals surface area contributed by atoms with Gasteiger partial charge in [0.05, 0.1) is 43.2 Å². The third-order valence-corrected chi connectivity index (χ3v) is 4.84. The van der Waals surface area contributed by atoms with E-state index in [1.165, 1.54) is 0 Å². The number of morpholine rings is 1. The standard InChI is InChI=1S/C22H25FN8O/c1-30(2)19-5-3-4-16(12-19)27-18-7-6-17(24-13-18)14-26-29-22-25-15-20(23)21(28-22)31-8-10-32-11-9-31/h3-7,12-15,27H,8-11H2,1-2H3,(H,25,28,29)/b26-14+. The van der Waals surface area contributed by atoms with E-state index < -0.39 is 5.82 Å². The van der Waals surface area contributed by atoms with Gasteiger partial charge in [-0.3, -0.25) is 4.98 Å². The summed E-state index contributed by atoms with van der Waals surface area (Å²) in [6.45, 7) is 2.25. The van der Waals surface area contributed by atoms with Crippen molar-refractivity contribution < 1.29 is 9.13 Å². The minimum Gasteiger partial charge on any atom is -0.378 e. The number of hydrogen-bond acceptors (Lipinski definition) is 9. The van der Waals surface area contributed by atoms with Gasteiger partial charge in [-0.1, -0.05) is 6.07 Å². The van der Waals surface area contributed by atoms with Crippen molar-refractivity contribution in [3.05, 3.63) is 60.3 Å². The summed E-state index contributed by atoms with van der Waals surface area (Å²) < 4.78 is 19.4. The molecule has 9 nitrogen and oxygen atoms in total. The first-order valence-corrected chi connectivity index (χ1v) is 10.2. The van der Waals surface area contributed by atoms with Crippen LogP contribution in [0.2, 0.25) is 0 Å². The molecule has 0 spiro atoms. The molecule has 3 heterocycles. The molecule has 1 aliphatic heterocycles. The predicted molar refractivity (Wildman–Crippen MR) is 125 cm³/mol. The Balaban J connectivity index is 1.36. The van der Waals surface area contributed by atoms with Crippen molar-refractivity contribution >= 4 is 35.0 Å². The van der Waals surface area contributed by atoms with Gasteiger partial charge >= 0.3 is 0 Å². The van der Waals surface area contributed by atoms with Crippen molar-refractivity contribution in [2.75, 3.05) is 60.9 Å². The summed E-state index contributed by atoms with van der Waals surface area (Å²) in [6, 6.07) is 11.9. The molecule has 0 atom stereocenters. The third kappa shape index (κ3) is 5.46. The highest BCUT2D eigenvalue weighted by molar-refractivity contribution is 5.78. The van der Waals surface area contributed by atoms with Crippen LogP contribution in [-0.2, 0) is 4.74 Å². The fourth-order valence-corrected chi connectivity index (χ4v) is 3.15. The summed E-state index contributed by atoms with van der Waals surface area (Å²) in [5.74, 6) is -0.0154. The second-order valence-corrected chi connectivity index (χ2v) is 7.38. The molecule has 4 rings (SSSR count). The zero-order valence-corrected chi connectivity index (χ0v) is 18.0. The van der Waals surface area contributed by atoms with Crippen LogP contribution in [0.3, 0.4) is 0 Å². The maximum Gasteiger partial charge on any atom is 0.245 e. The minimum absolute atomic E-state index is 0.211. The van der Waals surface area contributed by atoms with Crippen LogP contribution in [0.5, 0.6) is 0 Å². The van der Waals surface area contributed by atoms with Crippen molar-refractivity contribution in [3.63, 3.8) is 0 Å². The number of aromatic nitrogens is 3. The van der Waals surface area contributed by atoms with Gasteiger partial charge in [0.1, 0.15) is 0 Å². The Hall–Kier alpha value is -3.79. The summed E-state index contributed by atoms with van der Waals surface area (Å²) in [7, 11) is 4.01. The largest absolute Gasteiger partial charge is 0.378 e. The number of halogens is 1. The lowest BCUT2D eigenvalue weighted by Gasteiger charge is -2.27. The van der Waals surface area contributed by atoms with Gasteiger partial charge in [-0.05, 0) is 30.3 Å². The predicted octanol–water partition coefficient (Wildman–Crippen LogP) is 3.10. The van der Waals surface area contributed by atoms with Gasteiger partial charge in [0.25, 0.3) is 0 Å². The number of rotatable bonds is 7. The molecule has 0 unspecified atom stereocenters. The molecular formula is C22H25FN8O. The van der Waals surface area contributed by atoms with E-state index in [4.69, 9.17) is 4.74 Å². The molecule has 10 heteroatoms. The van der Waals surface area contributed by atoms with Crippen molar-refractivity contribution in [2.24, 2.45) is 5.10 Å². The lowest BCUT2D eigenvalue weighted by atomic mass is 10.2. The quantitative estimate of drug-likeness (QED) is 0.431. The van der Waals surface area contributed by atoms with Gasteiger partial charge in [0, 0.05) is 38.6 Å². The summed E-state index contributed by atoms with van der Waals surface area (Å²) >= 11 is 0. The second kappa shape index (κ2) is 10.0. The first-order valence-electron chi connectivity index (χ1n) is 10.2. The van der Waals surface area contributed by atoms with Crippen LogP contribution < -0.4 is 20.5 Å². The molecule has 1 saturated heterocycles. The molecule has 32 heavy (non-hydrogen) atoms. The van der Waals surface area contributed by atoms with Gasteiger partial charge in [0.15, 0.2) is 11.6 Å². The third-order valence-electron chi connectivity index (χ3n) is 4.84. The molecule has 2 N–H and O–H groups in total. The molecule has 1 aromatic carbocycles. The Morgan fingerprint density at radius 1 is 1.09 bits per heavy atom. The Morgan fingerprint density at radius 2 is 1.94 bits per heavy atom. The minimum atomic E-state index is -0.470. The SMILES string of the molecule is CN(C)c1cccc(Nc2ccc(/C=N/Nc3ncc(F)c(N4CCOCC4)n3)nc2)c1. The molecule has 3 aromatic rings. The summed E-state index contributed by atoms with van der Waals surface area (Å²) in [6.07, 6.45) is 4.42. The van der Waals surface area contributed by atoms with Crippen LogP contribution in [0.25, 0.3) is 0 Å². The second-order valence-electron chi connectivity index (χ2n) is 7.38. The molecule has 0 radical (unpaired) electrons. The molecular weight excluding hydrogens is 411 g/mol. The van der Waals surface area contributed by atoms with E-state index in [0.29, 0.717) is 32.0 Å². The molecule has 1 aliphatic rings. The number of nitrogens with one attached hydrogen (secondary N) is 2. The zero-order valence-electron chi connectivity index (χ0n) is 18.0. The van der Waals surface area contributed by atoms with E-state index in [1.54, 1.807) is 12.4 Å². The fourth-order valence-electron chi connectivity index (χ4n) is 3.15. The number of benzene rings is 1. The lowest BCUT2D eigenvalue weighted by molar-refractivity contribution is 0.122. The molecule has 166 valence electrons. The maximum absolute atomic E-state index is 14.1. The number of pyridine rings is 1. The first-order chi connectivity index (χ1) is 15.6. The lowest BCUT2D eigenvalue weighted by Crippen LogP contribution is -2.37. The first kappa shape index (κ1) is 21.4. The number of ether oxygens (including phenoxy) is 1. The molecule has 2 aromatic heterocycles. The van der Waals surface area contributed by atoms with Crippen molar-refractivity contribution in [1.82, 2.24) is 15.0 Å². The summed E-state index contributed by atoms with van der Waals surface area (Å²) in [5, 5.41) is 7.45. The van der Waals surface area contributed by atoms with E-state index in [-0.39, 0.29) is 11.8 Å². The summed E-state index contributed by atoms with van der Waals surface area (Å²) in [5.41, 5.74) is 6.34. The molecule has 0 bridgehead atoms. The van der Waals surface area contributed by atoms with Crippen molar-refractivity contribution in [3.8, 4) is 0 Å². The van der Waals surface area contributed by atoms with E-state index in [2.05, 4.69) is 36.9 Å². The maximum atomic E-state index is 14.1. The van der Waals surface area contributed by atoms with Gasteiger partial charge in [-0.25, -0.2) is 14.8 Å². The Kier molecular flexibility index (Phi) is 6.71. The summed E-state index contributed by atoms with van der Waals surface area (Å²) in [4.78, 5) is 16.4. The normalized spacial score (nSPS) is 13.9. The van der Waals surface area contributed by atoms with Crippen LogP contribution in [0, 0.1) is 5.82 Å². The highest BCUT2D eigenvalue weighted by atomic mass is 19.1. The van der Waals surface area contributed by atoms with Crippen LogP contribution >= 0.6 is 0 Å². The highest BCUT2D eigenvalue weighted by Crippen LogP contribution is 2.21. The monoisotopic (exact) mass is 436 g/mol. The number of nitrogens with zero attached hydrogens (tertiary/aromatic N) is 6. The molecule has 0 aliphatic carbocycles. The molecule has 0 saturated carbocycles.